The molecule has 4 nitrogen and oxygen atoms in total. The van der Waals surface area contributed by atoms with Crippen LogP contribution in [0.3, 0.4) is 0 Å². The number of benzene rings is 2. The molecule has 0 aliphatic heterocycles. The summed E-state index contributed by atoms with van der Waals surface area (Å²) in [7, 11) is 1.60. The maximum Gasteiger partial charge on any atom is 0.387 e. The summed E-state index contributed by atoms with van der Waals surface area (Å²) < 4.78 is 33.8. The Morgan fingerprint density at radius 3 is 2.19 bits per heavy atom. The van der Waals surface area contributed by atoms with Crippen LogP contribution in [-0.2, 0) is 17.8 Å². The highest BCUT2D eigenvalue weighted by Crippen LogP contribution is 2.17. The van der Waals surface area contributed by atoms with Gasteiger partial charge in [0.25, 0.3) is 0 Å². The molecule has 0 atom stereocenters. The molecule has 0 saturated heterocycles. The number of methoxy groups -OCH3 is 1. The molecule has 0 radical (unpaired) electrons. The zero-order valence-electron chi connectivity index (χ0n) is 14.5. The standard InChI is InChI=1S/C20H21F2NO3/c1-3-12-23(14-16-6-8-17(25-2)9-7-16)19(24)13-15-4-10-18(11-5-15)26-20(21)22/h3-11,20H,1,12-14H2,2H3. The average Bonchev–Trinajstić information content (AvgIpc) is 2.63. The van der Waals surface area contributed by atoms with Crippen molar-refractivity contribution in [2.24, 2.45) is 0 Å². The Bertz CT molecular complexity index is 715. The number of carbonyl (C=O) groups excluding carboxylic acids is 1. The van der Waals surface area contributed by atoms with E-state index in [1.165, 1.54) is 12.1 Å². The van der Waals surface area contributed by atoms with Crippen molar-refractivity contribution in [3.63, 3.8) is 0 Å². The molecule has 2 rings (SSSR count). The lowest BCUT2D eigenvalue weighted by Crippen LogP contribution is -2.32. The van der Waals surface area contributed by atoms with Crippen LogP contribution in [-0.4, -0.2) is 31.1 Å². The normalized spacial score (nSPS) is 10.5. The largest absolute Gasteiger partial charge is 0.497 e. The lowest BCUT2D eigenvalue weighted by Gasteiger charge is -2.21. The van der Waals surface area contributed by atoms with Crippen molar-refractivity contribution >= 4 is 5.91 Å². The molecule has 0 N–H and O–H groups in total. The predicted molar refractivity (Wildman–Crippen MR) is 95.4 cm³/mol. The Morgan fingerprint density at radius 2 is 1.65 bits per heavy atom. The summed E-state index contributed by atoms with van der Waals surface area (Å²) in [5.41, 5.74) is 1.70. The van der Waals surface area contributed by atoms with E-state index in [0.717, 1.165) is 16.9 Å². The molecule has 26 heavy (non-hydrogen) atoms. The van der Waals surface area contributed by atoms with Gasteiger partial charge in [-0.1, -0.05) is 30.3 Å². The van der Waals surface area contributed by atoms with Crippen molar-refractivity contribution in [1.29, 1.82) is 0 Å². The predicted octanol–water partition coefficient (Wildman–Crippen LogP) is 4.05. The molecule has 0 unspecified atom stereocenters. The van der Waals surface area contributed by atoms with Crippen LogP contribution < -0.4 is 9.47 Å². The number of amides is 1. The van der Waals surface area contributed by atoms with Crippen molar-refractivity contribution < 1.29 is 23.0 Å². The number of carbonyl (C=O) groups is 1. The topological polar surface area (TPSA) is 38.8 Å². The van der Waals surface area contributed by atoms with Gasteiger partial charge in [-0.15, -0.1) is 6.58 Å². The molecule has 0 spiro atoms. The van der Waals surface area contributed by atoms with Gasteiger partial charge in [0.15, 0.2) is 0 Å². The van der Waals surface area contributed by atoms with Gasteiger partial charge in [-0.3, -0.25) is 4.79 Å². The highest BCUT2D eigenvalue weighted by molar-refractivity contribution is 5.79. The number of nitrogens with zero attached hydrogens (tertiary/aromatic N) is 1. The second kappa shape index (κ2) is 9.56. The van der Waals surface area contributed by atoms with Gasteiger partial charge in [0.2, 0.25) is 5.91 Å². The molecular weight excluding hydrogens is 340 g/mol. The van der Waals surface area contributed by atoms with E-state index in [0.29, 0.717) is 13.1 Å². The first-order chi connectivity index (χ1) is 12.5. The van der Waals surface area contributed by atoms with Crippen LogP contribution in [0, 0.1) is 0 Å². The molecule has 0 saturated carbocycles. The molecule has 0 bridgehead atoms. The van der Waals surface area contributed by atoms with Crippen molar-refractivity contribution in [2.75, 3.05) is 13.7 Å². The first kappa shape index (κ1) is 19.4. The number of hydrogen-bond acceptors (Lipinski definition) is 3. The monoisotopic (exact) mass is 361 g/mol. The maximum atomic E-state index is 12.6. The van der Waals surface area contributed by atoms with E-state index in [2.05, 4.69) is 11.3 Å². The smallest absolute Gasteiger partial charge is 0.387 e. The van der Waals surface area contributed by atoms with Gasteiger partial charge in [-0.25, -0.2) is 0 Å². The fraction of sp³-hybridized carbons (Fsp3) is 0.250. The zero-order chi connectivity index (χ0) is 18.9. The van der Waals surface area contributed by atoms with Gasteiger partial charge < -0.3 is 14.4 Å². The van der Waals surface area contributed by atoms with Gasteiger partial charge in [-0.2, -0.15) is 8.78 Å². The Hall–Kier alpha value is -2.89. The van der Waals surface area contributed by atoms with E-state index in [-0.39, 0.29) is 18.1 Å². The molecule has 2 aromatic rings. The number of hydrogen-bond donors (Lipinski definition) is 0. The maximum absolute atomic E-state index is 12.6. The average molecular weight is 361 g/mol. The summed E-state index contributed by atoms with van der Waals surface area (Å²) in [6, 6.07) is 13.6. The summed E-state index contributed by atoms with van der Waals surface area (Å²) >= 11 is 0. The Balaban J connectivity index is 2.01. The Morgan fingerprint density at radius 1 is 1.08 bits per heavy atom. The van der Waals surface area contributed by atoms with Crippen LogP contribution in [0.15, 0.2) is 61.2 Å². The molecule has 0 aromatic heterocycles. The molecule has 2 aromatic carbocycles. The van der Waals surface area contributed by atoms with E-state index < -0.39 is 6.61 Å². The Kier molecular flexibility index (Phi) is 7.14. The van der Waals surface area contributed by atoms with Gasteiger partial charge >= 0.3 is 6.61 Å². The molecule has 0 aliphatic carbocycles. The highest BCUT2D eigenvalue weighted by Gasteiger charge is 2.14. The van der Waals surface area contributed by atoms with Gasteiger partial charge in [0.1, 0.15) is 11.5 Å². The van der Waals surface area contributed by atoms with Crippen molar-refractivity contribution in [2.45, 2.75) is 19.6 Å². The third kappa shape index (κ3) is 5.88. The van der Waals surface area contributed by atoms with Crippen LogP contribution in [0.5, 0.6) is 11.5 Å². The molecule has 0 heterocycles. The quantitative estimate of drug-likeness (QED) is 0.633. The molecule has 0 aliphatic rings. The van der Waals surface area contributed by atoms with Gasteiger partial charge in [0.05, 0.1) is 13.5 Å². The van der Waals surface area contributed by atoms with E-state index in [1.807, 2.05) is 24.3 Å². The van der Waals surface area contributed by atoms with Crippen LogP contribution in [0.1, 0.15) is 11.1 Å². The lowest BCUT2D eigenvalue weighted by molar-refractivity contribution is -0.130. The van der Waals surface area contributed by atoms with Crippen LogP contribution in [0.2, 0.25) is 0 Å². The van der Waals surface area contributed by atoms with Gasteiger partial charge in [-0.05, 0) is 35.4 Å². The van der Waals surface area contributed by atoms with Crippen LogP contribution in [0.25, 0.3) is 0 Å². The molecule has 138 valence electrons. The summed E-state index contributed by atoms with van der Waals surface area (Å²) in [6.45, 7) is 1.69. The minimum Gasteiger partial charge on any atom is -0.497 e. The first-order valence-corrected chi connectivity index (χ1v) is 8.07. The summed E-state index contributed by atoms with van der Waals surface area (Å²) in [4.78, 5) is 14.3. The van der Waals surface area contributed by atoms with E-state index in [1.54, 1.807) is 30.2 Å². The Labute approximate surface area is 151 Å². The van der Waals surface area contributed by atoms with E-state index >= 15 is 0 Å². The third-order valence-electron chi connectivity index (χ3n) is 3.74. The van der Waals surface area contributed by atoms with Crippen molar-refractivity contribution in [3.8, 4) is 11.5 Å². The highest BCUT2D eigenvalue weighted by atomic mass is 19.3. The summed E-state index contributed by atoms with van der Waals surface area (Å²) in [5.74, 6) is 0.738. The van der Waals surface area contributed by atoms with Crippen LogP contribution >= 0.6 is 0 Å². The molecule has 1 amide bonds. The van der Waals surface area contributed by atoms with Gasteiger partial charge in [0, 0.05) is 13.1 Å². The number of halogens is 2. The number of rotatable bonds is 9. The second-order valence-electron chi connectivity index (χ2n) is 5.61. The van der Waals surface area contributed by atoms with Crippen molar-refractivity contribution in [3.05, 3.63) is 72.3 Å². The van der Waals surface area contributed by atoms with Crippen molar-refractivity contribution in [1.82, 2.24) is 4.90 Å². The lowest BCUT2D eigenvalue weighted by atomic mass is 10.1. The molecule has 6 heteroatoms. The van der Waals surface area contributed by atoms with E-state index in [9.17, 15) is 13.6 Å². The fourth-order valence-corrected chi connectivity index (χ4v) is 2.44. The number of ether oxygens (including phenoxy) is 2. The molecular formula is C20H21F2NO3. The number of alkyl halides is 2. The molecule has 0 fully saturated rings. The SMILES string of the molecule is C=CCN(Cc1ccc(OC)cc1)C(=O)Cc1ccc(OC(F)F)cc1. The summed E-state index contributed by atoms with van der Waals surface area (Å²) in [6.07, 6.45) is 1.83. The first-order valence-electron chi connectivity index (χ1n) is 8.07. The second-order valence-corrected chi connectivity index (χ2v) is 5.61. The third-order valence-corrected chi connectivity index (χ3v) is 3.74. The minimum atomic E-state index is -2.87. The van der Waals surface area contributed by atoms with Crippen LogP contribution in [0.4, 0.5) is 8.78 Å². The summed E-state index contributed by atoms with van der Waals surface area (Å²) in [5, 5.41) is 0. The zero-order valence-corrected chi connectivity index (χ0v) is 14.5. The minimum absolute atomic E-state index is 0.0670. The fourth-order valence-electron chi connectivity index (χ4n) is 2.44. The van der Waals surface area contributed by atoms with E-state index in [4.69, 9.17) is 4.74 Å².